The van der Waals surface area contributed by atoms with Gasteiger partial charge >= 0.3 is 11.9 Å². The number of nitrogens with zero attached hydrogens (tertiary/aromatic N) is 1. The number of Topliss-reactive ketones (excluding diaryl/α,β-unsaturated/α-hetero) is 1. The van der Waals surface area contributed by atoms with Crippen LogP contribution >= 0.6 is 0 Å². The Hall–Kier alpha value is -1.96. The van der Waals surface area contributed by atoms with Crippen molar-refractivity contribution in [3.8, 4) is 0 Å². The number of carbonyl (C=O) groups excluding carboxylic acids is 2. The van der Waals surface area contributed by atoms with E-state index in [4.69, 9.17) is 5.11 Å². The fraction of sp³-hybridized carbons (Fsp3) is 0.765. The molecule has 2 saturated heterocycles. The van der Waals surface area contributed by atoms with Crippen LogP contribution in [-0.4, -0.2) is 63.9 Å². The van der Waals surface area contributed by atoms with E-state index >= 15 is 0 Å². The molecule has 8 heteroatoms. The summed E-state index contributed by atoms with van der Waals surface area (Å²) in [6.45, 7) is 0.975. The van der Waals surface area contributed by atoms with Crippen LogP contribution in [0.4, 0.5) is 0 Å². The van der Waals surface area contributed by atoms with Crippen LogP contribution in [0, 0.1) is 5.92 Å². The molecule has 0 bridgehead atoms. The second-order valence-corrected chi connectivity index (χ2v) is 6.86. The molecular weight excluding hydrogens is 328 g/mol. The van der Waals surface area contributed by atoms with E-state index in [0.717, 1.165) is 32.2 Å². The Labute approximate surface area is 146 Å². The standard InChI is InChI=1S/C17H26N2O6/c20-14(9-11(17(24)25)4-7-16(22)23)13-6-5-12-3-1-2-8-18-10-15(21)19(12)13/h11-13,18H,1-10H2,(H,22,23)(H,24,25)/t11-,12-,13+/m1/s1. The average molecular weight is 354 g/mol. The van der Waals surface area contributed by atoms with Gasteiger partial charge in [-0.05, 0) is 38.6 Å². The molecule has 0 radical (unpaired) electrons. The second-order valence-electron chi connectivity index (χ2n) is 6.86. The zero-order chi connectivity index (χ0) is 18.4. The average Bonchev–Trinajstić information content (AvgIpc) is 2.99. The zero-order valence-electron chi connectivity index (χ0n) is 14.3. The topological polar surface area (TPSA) is 124 Å². The van der Waals surface area contributed by atoms with Gasteiger partial charge in [0.15, 0.2) is 5.78 Å². The quantitative estimate of drug-likeness (QED) is 0.613. The molecule has 8 nitrogen and oxygen atoms in total. The third kappa shape index (κ3) is 5.26. The van der Waals surface area contributed by atoms with E-state index in [1.165, 1.54) is 0 Å². The summed E-state index contributed by atoms with van der Waals surface area (Å²) < 4.78 is 0. The van der Waals surface area contributed by atoms with Gasteiger partial charge in [0.25, 0.3) is 0 Å². The van der Waals surface area contributed by atoms with Crippen LogP contribution < -0.4 is 5.32 Å². The van der Waals surface area contributed by atoms with E-state index in [1.54, 1.807) is 4.90 Å². The normalized spacial score (nSPS) is 25.4. The number of carboxylic acid groups (broad SMARTS) is 2. The number of carboxylic acids is 2. The summed E-state index contributed by atoms with van der Waals surface area (Å²) in [7, 11) is 0. The molecule has 3 N–H and O–H groups in total. The fourth-order valence-corrected chi connectivity index (χ4v) is 3.77. The van der Waals surface area contributed by atoms with Gasteiger partial charge in [0.05, 0.1) is 18.5 Å². The van der Waals surface area contributed by atoms with Gasteiger partial charge < -0.3 is 20.4 Å². The van der Waals surface area contributed by atoms with Gasteiger partial charge in [-0.3, -0.25) is 19.2 Å². The summed E-state index contributed by atoms with van der Waals surface area (Å²) in [5, 5.41) is 21.1. The summed E-state index contributed by atoms with van der Waals surface area (Å²) in [5.41, 5.74) is 0. The van der Waals surface area contributed by atoms with Crippen molar-refractivity contribution in [2.45, 2.75) is 63.5 Å². The van der Waals surface area contributed by atoms with Crippen molar-refractivity contribution in [2.24, 2.45) is 5.92 Å². The summed E-state index contributed by atoms with van der Waals surface area (Å²) in [5.74, 6) is -3.65. The molecule has 3 atom stereocenters. The first-order chi connectivity index (χ1) is 11.9. The largest absolute Gasteiger partial charge is 0.481 e. The van der Waals surface area contributed by atoms with Crippen molar-refractivity contribution in [1.29, 1.82) is 0 Å². The molecule has 140 valence electrons. The third-order valence-corrected chi connectivity index (χ3v) is 5.08. The number of ketones is 1. The first kappa shape index (κ1) is 19.4. The van der Waals surface area contributed by atoms with E-state index in [1.807, 2.05) is 0 Å². The van der Waals surface area contributed by atoms with Gasteiger partial charge in [0.1, 0.15) is 0 Å². The molecule has 2 fully saturated rings. The Morgan fingerprint density at radius 2 is 1.92 bits per heavy atom. The molecular formula is C17H26N2O6. The Morgan fingerprint density at radius 3 is 2.60 bits per heavy atom. The summed E-state index contributed by atoms with van der Waals surface area (Å²) in [6.07, 6.45) is 3.56. The molecule has 1 amide bonds. The van der Waals surface area contributed by atoms with E-state index in [2.05, 4.69) is 5.32 Å². The highest BCUT2D eigenvalue weighted by Crippen LogP contribution is 2.30. The highest BCUT2D eigenvalue weighted by atomic mass is 16.4. The number of fused-ring (bicyclic) bond motifs is 1. The Balaban J connectivity index is 2.04. The molecule has 2 heterocycles. The molecule has 0 unspecified atom stereocenters. The third-order valence-electron chi connectivity index (χ3n) is 5.08. The van der Waals surface area contributed by atoms with Gasteiger partial charge in [-0.2, -0.15) is 0 Å². The van der Waals surface area contributed by atoms with E-state index in [-0.39, 0.29) is 43.5 Å². The minimum Gasteiger partial charge on any atom is -0.481 e. The van der Waals surface area contributed by atoms with E-state index < -0.39 is 23.9 Å². The maximum absolute atomic E-state index is 12.7. The monoisotopic (exact) mass is 354 g/mol. The molecule has 0 aromatic rings. The lowest BCUT2D eigenvalue weighted by Crippen LogP contribution is -2.48. The zero-order valence-corrected chi connectivity index (χ0v) is 14.3. The summed E-state index contributed by atoms with van der Waals surface area (Å²) in [4.78, 5) is 48.8. The van der Waals surface area contributed by atoms with Crippen molar-refractivity contribution in [1.82, 2.24) is 10.2 Å². The number of hydrogen-bond acceptors (Lipinski definition) is 5. The van der Waals surface area contributed by atoms with Crippen molar-refractivity contribution >= 4 is 23.6 Å². The van der Waals surface area contributed by atoms with Gasteiger partial charge in [0.2, 0.25) is 5.91 Å². The minimum atomic E-state index is -1.17. The van der Waals surface area contributed by atoms with Gasteiger partial charge in [-0.15, -0.1) is 0 Å². The lowest BCUT2D eigenvalue weighted by atomic mass is 9.93. The van der Waals surface area contributed by atoms with Gasteiger partial charge in [0, 0.05) is 18.9 Å². The number of hydrogen-bond donors (Lipinski definition) is 3. The van der Waals surface area contributed by atoms with Crippen LogP contribution in [0.2, 0.25) is 0 Å². The molecule has 0 spiro atoms. The van der Waals surface area contributed by atoms with Crippen molar-refractivity contribution in [2.75, 3.05) is 13.1 Å². The summed E-state index contributed by atoms with van der Waals surface area (Å²) >= 11 is 0. The maximum atomic E-state index is 12.7. The van der Waals surface area contributed by atoms with Crippen LogP contribution in [0.5, 0.6) is 0 Å². The first-order valence-corrected chi connectivity index (χ1v) is 8.89. The smallest absolute Gasteiger partial charge is 0.306 e. The number of rotatable bonds is 7. The number of amides is 1. The predicted octanol–water partition coefficient (Wildman–Crippen LogP) is 0.644. The van der Waals surface area contributed by atoms with Crippen LogP contribution in [0.1, 0.15) is 51.4 Å². The number of carbonyl (C=O) groups is 4. The number of aliphatic carboxylic acids is 2. The summed E-state index contributed by atoms with van der Waals surface area (Å²) in [6, 6.07) is -0.535. The maximum Gasteiger partial charge on any atom is 0.306 e. The predicted molar refractivity (Wildman–Crippen MR) is 88.0 cm³/mol. The minimum absolute atomic E-state index is 0.0450. The Kier molecular flexibility index (Phi) is 6.92. The van der Waals surface area contributed by atoms with Crippen molar-refractivity contribution < 1.29 is 29.4 Å². The number of nitrogens with one attached hydrogen (secondary N) is 1. The van der Waals surface area contributed by atoms with Gasteiger partial charge in [-0.1, -0.05) is 6.42 Å². The fourth-order valence-electron chi connectivity index (χ4n) is 3.77. The highest BCUT2D eigenvalue weighted by molar-refractivity contribution is 5.92. The molecule has 0 aromatic carbocycles. The van der Waals surface area contributed by atoms with Crippen LogP contribution in [-0.2, 0) is 19.2 Å². The van der Waals surface area contributed by atoms with Crippen molar-refractivity contribution in [3.05, 3.63) is 0 Å². The highest BCUT2D eigenvalue weighted by Gasteiger charge is 2.41. The molecule has 2 aliphatic heterocycles. The molecule has 0 aromatic heterocycles. The lowest BCUT2D eigenvalue weighted by molar-refractivity contribution is -0.146. The van der Waals surface area contributed by atoms with Gasteiger partial charge in [-0.25, -0.2) is 0 Å². The second kappa shape index (κ2) is 8.94. The Morgan fingerprint density at radius 1 is 1.16 bits per heavy atom. The molecule has 0 saturated carbocycles. The van der Waals surface area contributed by atoms with E-state index in [9.17, 15) is 24.3 Å². The molecule has 25 heavy (non-hydrogen) atoms. The lowest BCUT2D eigenvalue weighted by Gasteiger charge is -2.30. The van der Waals surface area contributed by atoms with Crippen LogP contribution in [0.25, 0.3) is 0 Å². The molecule has 0 aliphatic carbocycles. The first-order valence-electron chi connectivity index (χ1n) is 8.89. The Bertz CT molecular complexity index is 535. The van der Waals surface area contributed by atoms with Crippen LogP contribution in [0.15, 0.2) is 0 Å². The van der Waals surface area contributed by atoms with Crippen LogP contribution in [0.3, 0.4) is 0 Å². The SMILES string of the molecule is O=C(O)CC[C@H](CC(=O)[C@@H]1CC[C@H]2CCCCNCC(=O)N21)C(=O)O. The molecule has 2 aliphatic rings. The van der Waals surface area contributed by atoms with Crippen molar-refractivity contribution in [3.63, 3.8) is 0 Å². The molecule has 2 rings (SSSR count). The van der Waals surface area contributed by atoms with E-state index in [0.29, 0.717) is 6.42 Å².